The summed E-state index contributed by atoms with van der Waals surface area (Å²) in [5.74, 6) is 0.650. The molecule has 0 amide bonds. The number of rotatable bonds is 5. The Morgan fingerprint density at radius 1 is 1.42 bits per heavy atom. The average Bonchev–Trinajstić information content (AvgIpc) is 2.85. The first-order valence-corrected chi connectivity index (χ1v) is 7.95. The highest BCUT2D eigenvalue weighted by atomic mass is 32.1. The highest BCUT2D eigenvalue weighted by molar-refractivity contribution is 7.13. The number of carboxylic acids is 1. The fraction of sp³-hybridized carbons (Fsp3) is 0.667. The van der Waals surface area contributed by atoms with E-state index in [0.29, 0.717) is 10.9 Å². The molecule has 3 nitrogen and oxygen atoms in total. The molecule has 1 aliphatic carbocycles. The van der Waals surface area contributed by atoms with E-state index in [0.717, 1.165) is 23.3 Å². The summed E-state index contributed by atoms with van der Waals surface area (Å²) in [7, 11) is 0. The molecule has 1 fully saturated rings. The molecule has 0 aromatic carbocycles. The summed E-state index contributed by atoms with van der Waals surface area (Å²) < 4.78 is 0. The van der Waals surface area contributed by atoms with Crippen LogP contribution in [0.5, 0.6) is 0 Å². The first-order chi connectivity index (χ1) is 9.08. The molecule has 1 aromatic rings. The SMILES string of the molecule is CC(C)C1CCCCC1NCc1ccc(C(=O)O)s1. The fourth-order valence-electron chi connectivity index (χ4n) is 3.03. The maximum atomic E-state index is 10.9. The quantitative estimate of drug-likeness (QED) is 0.864. The van der Waals surface area contributed by atoms with Crippen LogP contribution in [0.15, 0.2) is 12.1 Å². The Morgan fingerprint density at radius 3 is 2.79 bits per heavy atom. The topological polar surface area (TPSA) is 49.3 Å². The second kappa shape index (κ2) is 6.53. The van der Waals surface area contributed by atoms with Crippen LogP contribution in [0, 0.1) is 11.8 Å². The molecule has 1 aromatic heterocycles. The van der Waals surface area contributed by atoms with Gasteiger partial charge in [-0.15, -0.1) is 11.3 Å². The van der Waals surface area contributed by atoms with Crippen LogP contribution in [0.3, 0.4) is 0 Å². The Kier molecular flexibility index (Phi) is 4.99. The molecule has 1 saturated carbocycles. The van der Waals surface area contributed by atoms with Crippen molar-refractivity contribution in [1.82, 2.24) is 5.32 Å². The zero-order valence-corrected chi connectivity index (χ0v) is 12.5. The summed E-state index contributed by atoms with van der Waals surface area (Å²) in [6.07, 6.45) is 5.23. The maximum Gasteiger partial charge on any atom is 0.345 e. The minimum Gasteiger partial charge on any atom is -0.477 e. The van der Waals surface area contributed by atoms with Crippen molar-refractivity contribution in [3.63, 3.8) is 0 Å². The van der Waals surface area contributed by atoms with Crippen LogP contribution in [-0.2, 0) is 6.54 Å². The maximum absolute atomic E-state index is 10.9. The van der Waals surface area contributed by atoms with Crippen LogP contribution in [0.4, 0.5) is 0 Å². The highest BCUT2D eigenvalue weighted by Gasteiger charge is 2.27. The highest BCUT2D eigenvalue weighted by Crippen LogP contribution is 2.30. The van der Waals surface area contributed by atoms with Crippen molar-refractivity contribution in [2.75, 3.05) is 0 Å². The molecule has 0 saturated heterocycles. The first kappa shape index (κ1) is 14.5. The Morgan fingerprint density at radius 2 is 2.16 bits per heavy atom. The minimum absolute atomic E-state index is 0.431. The number of thiophene rings is 1. The smallest absolute Gasteiger partial charge is 0.345 e. The van der Waals surface area contributed by atoms with Crippen molar-refractivity contribution in [2.45, 2.75) is 52.1 Å². The second-order valence-electron chi connectivity index (χ2n) is 5.75. The third-order valence-electron chi connectivity index (χ3n) is 4.09. The fourth-order valence-corrected chi connectivity index (χ4v) is 3.83. The monoisotopic (exact) mass is 281 g/mol. The summed E-state index contributed by atoms with van der Waals surface area (Å²) >= 11 is 1.38. The summed E-state index contributed by atoms with van der Waals surface area (Å²) in [5, 5.41) is 12.6. The lowest BCUT2D eigenvalue weighted by molar-refractivity contribution is 0.0702. The lowest BCUT2D eigenvalue weighted by atomic mass is 9.78. The molecule has 0 radical (unpaired) electrons. The second-order valence-corrected chi connectivity index (χ2v) is 6.92. The van der Waals surface area contributed by atoms with Crippen LogP contribution in [0.2, 0.25) is 0 Å². The Labute approximate surface area is 119 Å². The van der Waals surface area contributed by atoms with Crippen LogP contribution in [-0.4, -0.2) is 17.1 Å². The van der Waals surface area contributed by atoms with E-state index < -0.39 is 5.97 Å². The molecular formula is C15H23NO2S. The van der Waals surface area contributed by atoms with E-state index in [1.54, 1.807) is 6.07 Å². The van der Waals surface area contributed by atoms with E-state index in [1.165, 1.54) is 37.0 Å². The van der Waals surface area contributed by atoms with E-state index in [1.807, 2.05) is 6.07 Å². The third kappa shape index (κ3) is 3.80. The van der Waals surface area contributed by atoms with Gasteiger partial charge in [-0.1, -0.05) is 26.7 Å². The summed E-state index contributed by atoms with van der Waals surface area (Å²) in [5.41, 5.74) is 0. The van der Waals surface area contributed by atoms with Gasteiger partial charge in [-0.25, -0.2) is 4.79 Å². The van der Waals surface area contributed by atoms with Crippen LogP contribution < -0.4 is 5.32 Å². The lowest BCUT2D eigenvalue weighted by Crippen LogP contribution is -2.40. The van der Waals surface area contributed by atoms with Gasteiger partial charge in [0.15, 0.2) is 0 Å². The molecule has 1 aliphatic rings. The van der Waals surface area contributed by atoms with Gasteiger partial charge in [-0.3, -0.25) is 0 Å². The van der Waals surface area contributed by atoms with Gasteiger partial charge in [0.1, 0.15) is 4.88 Å². The molecule has 19 heavy (non-hydrogen) atoms. The Balaban J connectivity index is 1.90. The Hall–Kier alpha value is -0.870. The number of carbonyl (C=O) groups is 1. The van der Waals surface area contributed by atoms with Crippen LogP contribution >= 0.6 is 11.3 Å². The van der Waals surface area contributed by atoms with Gasteiger partial charge in [-0.05, 0) is 36.8 Å². The number of aromatic carboxylic acids is 1. The summed E-state index contributed by atoms with van der Waals surface area (Å²) in [6.45, 7) is 5.41. The molecule has 106 valence electrons. The van der Waals surface area contributed by atoms with Crippen LogP contribution in [0.25, 0.3) is 0 Å². The molecule has 4 heteroatoms. The Bertz CT molecular complexity index is 428. The standard InChI is InChI=1S/C15H23NO2S/c1-10(2)12-5-3-4-6-13(12)16-9-11-7-8-14(19-11)15(17)18/h7-8,10,12-13,16H,3-6,9H2,1-2H3,(H,17,18). The summed E-state index contributed by atoms with van der Waals surface area (Å²) in [4.78, 5) is 12.4. The van der Waals surface area contributed by atoms with E-state index in [9.17, 15) is 4.79 Å². The predicted molar refractivity (Wildman–Crippen MR) is 78.7 cm³/mol. The van der Waals surface area contributed by atoms with Gasteiger partial charge in [0, 0.05) is 17.5 Å². The van der Waals surface area contributed by atoms with Gasteiger partial charge >= 0.3 is 5.97 Å². The summed E-state index contributed by atoms with van der Waals surface area (Å²) in [6, 6.07) is 4.21. The number of hydrogen-bond donors (Lipinski definition) is 2. The van der Waals surface area contributed by atoms with E-state index in [-0.39, 0.29) is 0 Å². The average molecular weight is 281 g/mol. The molecule has 2 rings (SSSR count). The molecule has 2 atom stereocenters. The van der Waals surface area contributed by atoms with Crippen molar-refractivity contribution in [3.05, 3.63) is 21.9 Å². The van der Waals surface area contributed by atoms with Crippen molar-refractivity contribution >= 4 is 17.3 Å². The van der Waals surface area contributed by atoms with Crippen molar-refractivity contribution in [3.8, 4) is 0 Å². The van der Waals surface area contributed by atoms with Crippen LogP contribution in [0.1, 0.15) is 54.1 Å². The molecule has 0 aliphatic heterocycles. The van der Waals surface area contributed by atoms with Gasteiger partial charge in [-0.2, -0.15) is 0 Å². The molecule has 2 N–H and O–H groups in total. The van der Waals surface area contributed by atoms with Gasteiger partial charge in [0.2, 0.25) is 0 Å². The molecule has 0 bridgehead atoms. The van der Waals surface area contributed by atoms with E-state index in [4.69, 9.17) is 5.11 Å². The van der Waals surface area contributed by atoms with E-state index in [2.05, 4.69) is 19.2 Å². The lowest BCUT2D eigenvalue weighted by Gasteiger charge is -2.35. The van der Waals surface area contributed by atoms with Gasteiger partial charge < -0.3 is 10.4 Å². The minimum atomic E-state index is -0.825. The molecule has 1 heterocycles. The zero-order chi connectivity index (χ0) is 13.8. The van der Waals surface area contributed by atoms with Crippen molar-refractivity contribution in [1.29, 1.82) is 0 Å². The van der Waals surface area contributed by atoms with Gasteiger partial charge in [0.05, 0.1) is 0 Å². The molecule has 0 spiro atoms. The zero-order valence-electron chi connectivity index (χ0n) is 11.7. The normalized spacial score (nSPS) is 23.7. The van der Waals surface area contributed by atoms with Crippen molar-refractivity contribution in [2.24, 2.45) is 11.8 Å². The third-order valence-corrected chi connectivity index (χ3v) is 5.16. The first-order valence-electron chi connectivity index (χ1n) is 7.13. The molecule has 2 unspecified atom stereocenters. The van der Waals surface area contributed by atoms with Gasteiger partial charge in [0.25, 0.3) is 0 Å². The molecular weight excluding hydrogens is 258 g/mol. The largest absolute Gasteiger partial charge is 0.477 e. The van der Waals surface area contributed by atoms with E-state index >= 15 is 0 Å². The number of hydrogen-bond acceptors (Lipinski definition) is 3. The number of carboxylic acid groups (broad SMARTS) is 1. The van der Waals surface area contributed by atoms with Crippen molar-refractivity contribution < 1.29 is 9.90 Å². The number of nitrogens with one attached hydrogen (secondary N) is 1. The predicted octanol–water partition coefficient (Wildman–Crippen LogP) is 3.75.